The van der Waals surface area contributed by atoms with Crippen LogP contribution in [-0.4, -0.2) is 36.6 Å². The fraction of sp³-hybridized carbons (Fsp3) is 0.438. The third kappa shape index (κ3) is 4.30. The van der Waals surface area contributed by atoms with Crippen LogP contribution in [-0.2, 0) is 9.53 Å². The van der Waals surface area contributed by atoms with Crippen molar-refractivity contribution in [2.45, 2.75) is 25.9 Å². The standard InChI is InChI=1S/C16H22N4O4/c1-10-13(11(2)19-18-10)9-17-14-6-4-12(5-7-16(21)24-3)8-15(14)20(22)23/h4-8,10-11,13,17-19H,9H2,1-3H3/b7-5+. The summed E-state index contributed by atoms with van der Waals surface area (Å²) < 4.78 is 4.51. The minimum absolute atomic E-state index is 0.0266. The van der Waals surface area contributed by atoms with Gasteiger partial charge in [-0.25, -0.2) is 4.79 Å². The number of nitro groups is 1. The molecule has 0 radical (unpaired) electrons. The van der Waals surface area contributed by atoms with Crippen LogP contribution in [0.5, 0.6) is 0 Å². The van der Waals surface area contributed by atoms with Crippen LogP contribution in [0.1, 0.15) is 19.4 Å². The van der Waals surface area contributed by atoms with Gasteiger partial charge < -0.3 is 10.1 Å². The minimum Gasteiger partial charge on any atom is -0.466 e. The maximum absolute atomic E-state index is 11.3. The first-order valence-corrected chi connectivity index (χ1v) is 7.71. The van der Waals surface area contributed by atoms with Gasteiger partial charge >= 0.3 is 5.97 Å². The average molecular weight is 334 g/mol. The molecule has 8 heteroatoms. The first kappa shape index (κ1) is 17.9. The number of hydrogen-bond acceptors (Lipinski definition) is 7. The second-order valence-electron chi connectivity index (χ2n) is 5.80. The number of hydrogen-bond donors (Lipinski definition) is 3. The number of esters is 1. The molecular weight excluding hydrogens is 312 g/mol. The molecule has 0 bridgehead atoms. The van der Waals surface area contributed by atoms with E-state index in [0.717, 1.165) is 0 Å². The molecule has 1 fully saturated rings. The normalized spacial score (nSPS) is 23.4. The number of nitro benzene ring substituents is 1. The van der Waals surface area contributed by atoms with Gasteiger partial charge in [-0.3, -0.25) is 21.0 Å². The quantitative estimate of drug-likeness (QED) is 0.315. The molecule has 130 valence electrons. The fourth-order valence-electron chi connectivity index (χ4n) is 2.68. The van der Waals surface area contributed by atoms with Crippen LogP contribution in [0.15, 0.2) is 24.3 Å². The summed E-state index contributed by atoms with van der Waals surface area (Å²) in [4.78, 5) is 22.0. The number of hydrazine groups is 1. The highest BCUT2D eigenvalue weighted by Gasteiger charge is 2.29. The van der Waals surface area contributed by atoms with Crippen LogP contribution in [0.2, 0.25) is 0 Å². The summed E-state index contributed by atoms with van der Waals surface area (Å²) in [7, 11) is 1.27. The zero-order valence-electron chi connectivity index (χ0n) is 13.9. The van der Waals surface area contributed by atoms with Crippen molar-refractivity contribution >= 4 is 23.4 Å². The molecule has 1 aromatic rings. The van der Waals surface area contributed by atoms with E-state index in [4.69, 9.17) is 0 Å². The van der Waals surface area contributed by atoms with Crippen LogP contribution in [0, 0.1) is 16.0 Å². The van der Waals surface area contributed by atoms with Crippen LogP contribution in [0.4, 0.5) is 11.4 Å². The molecule has 1 heterocycles. The zero-order chi connectivity index (χ0) is 17.7. The van der Waals surface area contributed by atoms with E-state index in [1.807, 2.05) is 0 Å². The van der Waals surface area contributed by atoms with E-state index in [9.17, 15) is 14.9 Å². The van der Waals surface area contributed by atoms with Crippen molar-refractivity contribution in [2.24, 2.45) is 5.92 Å². The van der Waals surface area contributed by atoms with E-state index >= 15 is 0 Å². The summed E-state index contributed by atoms with van der Waals surface area (Å²) >= 11 is 0. The Labute approximate surface area is 140 Å². The Morgan fingerprint density at radius 3 is 2.62 bits per heavy atom. The molecule has 0 amide bonds. The van der Waals surface area contributed by atoms with Crippen molar-refractivity contribution in [2.75, 3.05) is 19.0 Å². The molecule has 0 aliphatic carbocycles. The highest BCUT2D eigenvalue weighted by molar-refractivity contribution is 5.87. The number of nitrogens with zero attached hydrogens (tertiary/aromatic N) is 1. The number of carbonyl (C=O) groups is 1. The Morgan fingerprint density at radius 1 is 1.38 bits per heavy atom. The molecule has 8 nitrogen and oxygen atoms in total. The van der Waals surface area contributed by atoms with Gasteiger partial charge in [-0.05, 0) is 31.6 Å². The second kappa shape index (κ2) is 7.89. The lowest BCUT2D eigenvalue weighted by Crippen LogP contribution is -2.30. The van der Waals surface area contributed by atoms with Gasteiger partial charge in [0.1, 0.15) is 5.69 Å². The van der Waals surface area contributed by atoms with Crippen molar-refractivity contribution < 1.29 is 14.5 Å². The average Bonchev–Trinajstić information content (AvgIpc) is 2.89. The maximum atomic E-state index is 11.3. The molecule has 2 atom stereocenters. The summed E-state index contributed by atoms with van der Waals surface area (Å²) in [5.41, 5.74) is 7.31. The van der Waals surface area contributed by atoms with Gasteiger partial charge in [-0.2, -0.15) is 0 Å². The van der Waals surface area contributed by atoms with Gasteiger partial charge in [0.15, 0.2) is 0 Å². The molecular formula is C16H22N4O4. The Hall–Kier alpha value is -2.45. The number of rotatable bonds is 6. The molecule has 1 aromatic carbocycles. The van der Waals surface area contributed by atoms with Crippen LogP contribution in [0.25, 0.3) is 6.08 Å². The fourth-order valence-corrected chi connectivity index (χ4v) is 2.68. The van der Waals surface area contributed by atoms with E-state index in [1.165, 1.54) is 25.3 Å². The lowest BCUT2D eigenvalue weighted by Gasteiger charge is -2.19. The van der Waals surface area contributed by atoms with Gasteiger partial charge in [0.2, 0.25) is 0 Å². The van der Waals surface area contributed by atoms with Crippen molar-refractivity contribution in [3.8, 4) is 0 Å². The van der Waals surface area contributed by atoms with Gasteiger partial charge in [-0.1, -0.05) is 6.07 Å². The van der Waals surface area contributed by atoms with Crippen molar-refractivity contribution in [3.05, 3.63) is 40.0 Å². The van der Waals surface area contributed by atoms with Crippen LogP contribution >= 0.6 is 0 Å². The van der Waals surface area contributed by atoms with Gasteiger partial charge in [0.05, 0.1) is 12.0 Å². The molecule has 2 unspecified atom stereocenters. The first-order valence-electron chi connectivity index (χ1n) is 7.71. The third-order valence-electron chi connectivity index (χ3n) is 4.18. The smallest absolute Gasteiger partial charge is 0.330 e. The molecule has 0 aromatic heterocycles. The van der Waals surface area contributed by atoms with Gasteiger partial charge in [0.25, 0.3) is 5.69 Å². The molecule has 0 spiro atoms. The third-order valence-corrected chi connectivity index (χ3v) is 4.18. The van der Waals surface area contributed by atoms with Crippen LogP contribution < -0.4 is 16.2 Å². The predicted molar refractivity (Wildman–Crippen MR) is 91.3 cm³/mol. The molecule has 1 saturated heterocycles. The molecule has 24 heavy (non-hydrogen) atoms. The van der Waals surface area contributed by atoms with E-state index in [-0.39, 0.29) is 17.8 Å². The number of methoxy groups -OCH3 is 1. The Morgan fingerprint density at radius 2 is 2.04 bits per heavy atom. The second-order valence-corrected chi connectivity index (χ2v) is 5.80. The van der Waals surface area contributed by atoms with Crippen molar-refractivity contribution in [3.63, 3.8) is 0 Å². The summed E-state index contributed by atoms with van der Waals surface area (Å²) in [5.74, 6) is -0.201. The number of benzene rings is 1. The topological polar surface area (TPSA) is 106 Å². The number of carbonyl (C=O) groups excluding carboxylic acids is 1. The highest BCUT2D eigenvalue weighted by atomic mass is 16.6. The van der Waals surface area contributed by atoms with Gasteiger partial charge in [0, 0.05) is 36.7 Å². The summed E-state index contributed by atoms with van der Waals surface area (Å²) in [6.45, 7) is 4.75. The van der Waals surface area contributed by atoms with E-state index in [0.29, 0.717) is 23.7 Å². The van der Waals surface area contributed by atoms with Gasteiger partial charge in [-0.15, -0.1) is 0 Å². The zero-order valence-corrected chi connectivity index (χ0v) is 13.9. The number of nitrogens with one attached hydrogen (secondary N) is 3. The molecule has 1 aliphatic rings. The molecule has 0 saturated carbocycles. The molecule has 2 rings (SSSR count). The first-order chi connectivity index (χ1) is 11.4. The number of ether oxygens (including phenoxy) is 1. The summed E-state index contributed by atoms with van der Waals surface area (Å²) in [6, 6.07) is 5.34. The van der Waals surface area contributed by atoms with E-state index in [2.05, 4.69) is 34.8 Å². The van der Waals surface area contributed by atoms with Crippen molar-refractivity contribution in [1.29, 1.82) is 0 Å². The minimum atomic E-state index is -0.510. The lowest BCUT2D eigenvalue weighted by atomic mass is 9.96. The Bertz CT molecular complexity index is 637. The Balaban J connectivity index is 2.13. The summed E-state index contributed by atoms with van der Waals surface area (Å²) in [6.07, 6.45) is 2.71. The maximum Gasteiger partial charge on any atom is 0.330 e. The lowest BCUT2D eigenvalue weighted by molar-refractivity contribution is -0.384. The van der Waals surface area contributed by atoms with E-state index < -0.39 is 10.9 Å². The molecule has 1 aliphatic heterocycles. The largest absolute Gasteiger partial charge is 0.466 e. The number of anilines is 1. The molecule has 3 N–H and O–H groups in total. The SMILES string of the molecule is COC(=O)/C=C/c1ccc(NCC2C(C)NNC2C)c([N+](=O)[O-])c1. The van der Waals surface area contributed by atoms with E-state index in [1.54, 1.807) is 12.1 Å². The summed E-state index contributed by atoms with van der Waals surface area (Å²) in [5, 5.41) is 14.5. The highest BCUT2D eigenvalue weighted by Crippen LogP contribution is 2.27. The van der Waals surface area contributed by atoms with Crippen molar-refractivity contribution in [1.82, 2.24) is 10.9 Å². The predicted octanol–water partition coefficient (Wildman–Crippen LogP) is 1.69. The Kier molecular flexibility index (Phi) is 5.88. The monoisotopic (exact) mass is 334 g/mol. The van der Waals surface area contributed by atoms with Crippen LogP contribution in [0.3, 0.4) is 0 Å².